The number of likely N-dealkylation sites (tertiary alicyclic amines) is 1. The molecule has 3 fully saturated rings. The van der Waals surface area contributed by atoms with E-state index in [1.165, 1.54) is 15.9 Å². The maximum absolute atomic E-state index is 13.5. The van der Waals surface area contributed by atoms with Crippen LogP contribution in [-0.4, -0.2) is 125 Å². The van der Waals surface area contributed by atoms with Crippen molar-refractivity contribution >= 4 is 46.6 Å². The number of hydrogen-bond donors (Lipinski definition) is 3. The van der Waals surface area contributed by atoms with E-state index >= 15 is 0 Å². The van der Waals surface area contributed by atoms with Gasteiger partial charge in [-0.05, 0) is 44.7 Å². The Kier molecular flexibility index (Phi) is 10.7. The fourth-order valence-corrected chi connectivity index (χ4v) is 5.66. The zero-order valence-electron chi connectivity index (χ0n) is 26.3. The lowest BCUT2D eigenvalue weighted by atomic mass is 10.1. The average molecular weight is 653 g/mol. The molecule has 3 aliphatic rings. The van der Waals surface area contributed by atoms with Gasteiger partial charge in [0.1, 0.15) is 17.5 Å². The van der Waals surface area contributed by atoms with Gasteiger partial charge in [0.05, 0.1) is 18.0 Å². The number of carbonyl (C=O) groups excluding carboxylic acids is 5. The summed E-state index contributed by atoms with van der Waals surface area (Å²) in [7, 11) is 0. The Morgan fingerprint density at radius 1 is 0.979 bits per heavy atom. The molecule has 15 nitrogen and oxygen atoms in total. The molecule has 0 spiro atoms. The van der Waals surface area contributed by atoms with Crippen molar-refractivity contribution in [2.75, 3.05) is 52.5 Å². The summed E-state index contributed by atoms with van der Waals surface area (Å²) < 4.78 is 10.9. The summed E-state index contributed by atoms with van der Waals surface area (Å²) in [5.74, 6) is -2.65. The predicted molar refractivity (Wildman–Crippen MR) is 166 cm³/mol. The highest BCUT2D eigenvalue weighted by atomic mass is 16.6. The first-order valence-electron chi connectivity index (χ1n) is 16.0. The number of pyridine rings is 1. The largest absolute Gasteiger partial charge is 0.483 e. The van der Waals surface area contributed by atoms with Crippen LogP contribution in [0.5, 0.6) is 5.75 Å². The van der Waals surface area contributed by atoms with Crippen LogP contribution in [0.25, 0.3) is 10.9 Å². The highest BCUT2D eigenvalue weighted by Crippen LogP contribution is 2.27. The van der Waals surface area contributed by atoms with E-state index in [4.69, 9.17) is 9.47 Å². The Morgan fingerprint density at radius 3 is 2.40 bits per heavy atom. The summed E-state index contributed by atoms with van der Waals surface area (Å²) in [5, 5.41) is 15.5. The zero-order valence-corrected chi connectivity index (χ0v) is 26.3. The number of aliphatic carboxylic acids is 1. The second kappa shape index (κ2) is 15.1. The molecule has 15 heteroatoms. The number of para-hydroxylation sites is 1. The molecule has 1 saturated carbocycles. The van der Waals surface area contributed by atoms with Crippen molar-refractivity contribution in [2.45, 2.75) is 51.1 Å². The third-order valence-corrected chi connectivity index (χ3v) is 8.47. The monoisotopic (exact) mass is 652 g/mol. The number of nitrogens with zero attached hydrogens (tertiary/aromatic N) is 4. The topological polar surface area (TPSA) is 188 Å². The van der Waals surface area contributed by atoms with Gasteiger partial charge >= 0.3 is 12.1 Å². The van der Waals surface area contributed by atoms with Gasteiger partial charge in [0.15, 0.2) is 6.61 Å². The molecule has 5 rings (SSSR count). The summed E-state index contributed by atoms with van der Waals surface area (Å²) >= 11 is 0. The number of hydrogen-bond acceptors (Lipinski definition) is 9. The minimum absolute atomic E-state index is 0.0291. The van der Waals surface area contributed by atoms with Crippen LogP contribution < -0.4 is 15.4 Å². The number of aromatic nitrogens is 1. The van der Waals surface area contributed by atoms with Gasteiger partial charge in [0.2, 0.25) is 11.8 Å². The number of benzene rings is 1. The molecule has 47 heavy (non-hydrogen) atoms. The molecule has 2 unspecified atom stereocenters. The second-order valence-corrected chi connectivity index (χ2v) is 11.9. The third-order valence-electron chi connectivity index (χ3n) is 8.47. The number of carboxylic acid groups (broad SMARTS) is 1. The summed E-state index contributed by atoms with van der Waals surface area (Å²) in [4.78, 5) is 84.8. The Morgan fingerprint density at radius 2 is 1.70 bits per heavy atom. The Hall–Kier alpha value is -4.95. The molecule has 2 aromatic rings. The molecule has 252 valence electrons. The second-order valence-electron chi connectivity index (χ2n) is 11.9. The summed E-state index contributed by atoms with van der Waals surface area (Å²) in [6, 6.07) is 7.40. The van der Waals surface area contributed by atoms with E-state index in [1.807, 2.05) is 0 Å². The number of ether oxygens (including phenoxy) is 2. The van der Waals surface area contributed by atoms with Crippen LogP contribution in [0.3, 0.4) is 0 Å². The predicted octanol–water partition coefficient (Wildman–Crippen LogP) is 1.00. The Labute approximate surface area is 271 Å². The zero-order chi connectivity index (χ0) is 33.5. The highest BCUT2D eigenvalue weighted by molar-refractivity contribution is 5.99. The molecular weight excluding hydrogens is 612 g/mol. The quantitative estimate of drug-likeness (QED) is 0.299. The van der Waals surface area contributed by atoms with Gasteiger partial charge in [-0.2, -0.15) is 0 Å². The van der Waals surface area contributed by atoms with E-state index in [-0.39, 0.29) is 87.5 Å². The molecule has 0 bridgehead atoms. The highest BCUT2D eigenvalue weighted by Gasteiger charge is 2.34. The molecule has 3 N–H and O–H groups in total. The number of nitrogens with one attached hydrogen (secondary N) is 2. The third kappa shape index (κ3) is 8.65. The minimum Gasteiger partial charge on any atom is -0.483 e. The minimum atomic E-state index is -1.16. The van der Waals surface area contributed by atoms with E-state index < -0.39 is 29.9 Å². The molecule has 1 aliphatic carbocycles. The lowest BCUT2D eigenvalue weighted by Gasteiger charge is -2.35. The maximum Gasteiger partial charge on any atom is 0.409 e. The first kappa shape index (κ1) is 33.4. The van der Waals surface area contributed by atoms with Crippen LogP contribution in [-0.2, 0) is 23.9 Å². The maximum atomic E-state index is 13.5. The number of carboxylic acids is 1. The molecule has 2 saturated heterocycles. The fraction of sp³-hybridized carbons (Fsp3) is 0.531. The van der Waals surface area contributed by atoms with E-state index in [9.17, 15) is 33.9 Å². The average Bonchev–Trinajstić information content (AvgIpc) is 3.74. The van der Waals surface area contributed by atoms with Gasteiger partial charge in [-0.1, -0.05) is 12.1 Å². The van der Waals surface area contributed by atoms with Crippen molar-refractivity contribution in [1.82, 2.24) is 30.3 Å². The first-order valence-corrected chi connectivity index (χ1v) is 16.0. The van der Waals surface area contributed by atoms with Gasteiger partial charge in [-0.15, -0.1) is 0 Å². The van der Waals surface area contributed by atoms with Crippen molar-refractivity contribution in [3.63, 3.8) is 0 Å². The SMILES string of the molecule is CCOC(=O)N1CCN(C(=O)C(CCC(=O)O)NC(=O)c2cc(OCC(=O)N3CCC(C(=O)NC4CC4)C3)c3ccccc3n2)CC1. The van der Waals surface area contributed by atoms with Gasteiger partial charge in [0, 0.05) is 63.2 Å². The van der Waals surface area contributed by atoms with Crippen LogP contribution in [0.15, 0.2) is 30.3 Å². The van der Waals surface area contributed by atoms with Gasteiger partial charge in [0.25, 0.3) is 11.8 Å². The molecule has 1 aromatic carbocycles. The van der Waals surface area contributed by atoms with Gasteiger partial charge in [-0.25, -0.2) is 9.78 Å². The summed E-state index contributed by atoms with van der Waals surface area (Å²) in [6.45, 7) is 3.24. The molecule has 2 atom stereocenters. The van der Waals surface area contributed by atoms with E-state index in [2.05, 4.69) is 15.6 Å². The lowest BCUT2D eigenvalue weighted by Crippen LogP contribution is -2.56. The van der Waals surface area contributed by atoms with Crippen LogP contribution in [0, 0.1) is 5.92 Å². The molecule has 3 heterocycles. The lowest BCUT2D eigenvalue weighted by molar-refractivity contribution is -0.138. The van der Waals surface area contributed by atoms with E-state index in [1.54, 1.807) is 36.1 Å². The van der Waals surface area contributed by atoms with Crippen LogP contribution in [0.2, 0.25) is 0 Å². The number of fused-ring (bicyclic) bond motifs is 1. The summed E-state index contributed by atoms with van der Waals surface area (Å²) in [6.07, 6.45) is 1.57. The van der Waals surface area contributed by atoms with Crippen molar-refractivity contribution in [1.29, 1.82) is 0 Å². The number of amides is 5. The molecule has 1 aromatic heterocycles. The van der Waals surface area contributed by atoms with E-state index in [0.717, 1.165) is 12.8 Å². The smallest absolute Gasteiger partial charge is 0.409 e. The van der Waals surface area contributed by atoms with Crippen molar-refractivity contribution < 1.29 is 43.3 Å². The molecule has 2 aliphatic heterocycles. The van der Waals surface area contributed by atoms with E-state index in [0.29, 0.717) is 30.4 Å². The standard InChI is InChI=1S/C32H40N6O9/c1-2-46-32(45)37-15-13-36(14-16-37)31(44)24(9-10-28(40)41)35-30(43)25-17-26(22-5-3-4-6-23(22)34-25)47-19-27(39)38-12-11-20(18-38)29(42)33-21-7-8-21/h3-6,17,20-21,24H,2,7-16,18-19H2,1H3,(H,33,42)(H,35,43)(H,40,41). The molecule has 0 radical (unpaired) electrons. The van der Waals surface area contributed by atoms with Crippen molar-refractivity contribution in [3.8, 4) is 5.75 Å². The first-order chi connectivity index (χ1) is 22.6. The van der Waals surface area contributed by atoms with Crippen molar-refractivity contribution in [3.05, 3.63) is 36.0 Å². The normalized spacial score (nSPS) is 18.4. The fourth-order valence-electron chi connectivity index (χ4n) is 5.66. The Balaban J connectivity index is 1.25. The summed E-state index contributed by atoms with van der Waals surface area (Å²) in [5.41, 5.74) is 0.341. The number of rotatable bonds is 12. The Bertz CT molecular complexity index is 1520. The van der Waals surface area contributed by atoms with Gasteiger partial charge in [-0.3, -0.25) is 24.0 Å². The number of carbonyl (C=O) groups is 6. The van der Waals surface area contributed by atoms with Crippen molar-refractivity contribution in [2.24, 2.45) is 5.92 Å². The molecular formula is C32H40N6O9. The van der Waals surface area contributed by atoms with Gasteiger partial charge < -0.3 is 39.9 Å². The van der Waals surface area contributed by atoms with Crippen LogP contribution in [0.1, 0.15) is 49.5 Å². The van der Waals surface area contributed by atoms with Crippen LogP contribution >= 0.6 is 0 Å². The molecule has 5 amide bonds. The number of piperazine rings is 1. The van der Waals surface area contributed by atoms with Crippen LogP contribution in [0.4, 0.5) is 4.79 Å².